The molecule has 0 atom stereocenters. The summed E-state index contributed by atoms with van der Waals surface area (Å²) in [6.45, 7) is 6.65. The summed E-state index contributed by atoms with van der Waals surface area (Å²) in [6, 6.07) is 19.9. The molecular formula is C31H39N3O4. The normalized spacial score (nSPS) is 14.8. The zero-order valence-electron chi connectivity index (χ0n) is 22.7. The van der Waals surface area contributed by atoms with E-state index in [2.05, 4.69) is 17.1 Å². The van der Waals surface area contributed by atoms with E-state index in [4.69, 9.17) is 9.72 Å². The lowest BCUT2D eigenvalue weighted by atomic mass is 9.76. The molecule has 1 fully saturated rings. The number of ether oxygens (including phenoxy) is 1. The van der Waals surface area contributed by atoms with Crippen molar-refractivity contribution in [1.29, 1.82) is 0 Å². The fraction of sp³-hybridized carbons (Fsp3) is 0.452. The highest BCUT2D eigenvalue weighted by atomic mass is 16.5. The Morgan fingerprint density at radius 1 is 1.00 bits per heavy atom. The largest absolute Gasteiger partial charge is 0.491 e. The van der Waals surface area contributed by atoms with Gasteiger partial charge >= 0.3 is 0 Å². The molecule has 2 N–H and O–H groups in total. The first kappa shape index (κ1) is 27.6. The fourth-order valence-corrected chi connectivity index (χ4v) is 5.38. The Labute approximate surface area is 225 Å². The van der Waals surface area contributed by atoms with Crippen LogP contribution >= 0.6 is 0 Å². The van der Waals surface area contributed by atoms with Gasteiger partial charge in [0.1, 0.15) is 12.4 Å². The Kier molecular flexibility index (Phi) is 8.67. The highest BCUT2D eigenvalue weighted by Crippen LogP contribution is 2.44. The van der Waals surface area contributed by atoms with E-state index >= 15 is 0 Å². The predicted molar refractivity (Wildman–Crippen MR) is 147 cm³/mol. The van der Waals surface area contributed by atoms with Crippen LogP contribution in [-0.2, 0) is 18.4 Å². The molecule has 3 aromatic rings. The summed E-state index contributed by atoms with van der Waals surface area (Å²) in [5.41, 5.74) is 1.81. The summed E-state index contributed by atoms with van der Waals surface area (Å²) >= 11 is 0. The summed E-state index contributed by atoms with van der Waals surface area (Å²) in [5, 5.41) is 20.8. The van der Waals surface area contributed by atoms with E-state index in [0.29, 0.717) is 18.8 Å². The second kappa shape index (κ2) is 11.9. The second-order valence-electron chi connectivity index (χ2n) is 11.5. The van der Waals surface area contributed by atoms with Crippen molar-refractivity contribution in [1.82, 2.24) is 14.9 Å². The lowest BCUT2D eigenvalue weighted by Crippen LogP contribution is -2.40. The smallest absolute Gasteiger partial charge is 0.276 e. The van der Waals surface area contributed by atoms with E-state index in [1.807, 2.05) is 69.3 Å². The Bertz CT molecular complexity index is 1200. The maximum absolute atomic E-state index is 13.9. The standard InChI is InChI=1S/C31H39N3O4/c1-30(2,3)22-34(18-19-35)29(37)26-27(38-21-23-12-6-4-7-13-23)28(36)33-25(32-26)20-31(16-10-11-17-31)24-14-8-5-9-15-24/h4-9,12-15,35H,10-11,16-22H2,1-3H3,(H,32,33,36). The van der Waals surface area contributed by atoms with Gasteiger partial charge < -0.3 is 19.8 Å². The van der Waals surface area contributed by atoms with Crippen molar-refractivity contribution in [3.05, 3.63) is 83.3 Å². The van der Waals surface area contributed by atoms with Gasteiger partial charge in [0.15, 0.2) is 5.69 Å². The van der Waals surface area contributed by atoms with Crippen molar-refractivity contribution in [3.63, 3.8) is 0 Å². The van der Waals surface area contributed by atoms with Crippen LogP contribution in [0.5, 0.6) is 11.6 Å². The van der Waals surface area contributed by atoms with E-state index in [9.17, 15) is 15.0 Å². The van der Waals surface area contributed by atoms with E-state index in [-0.39, 0.29) is 47.9 Å². The summed E-state index contributed by atoms with van der Waals surface area (Å²) in [4.78, 5) is 24.6. The third-order valence-electron chi connectivity index (χ3n) is 7.09. The molecule has 0 radical (unpaired) electrons. The summed E-state index contributed by atoms with van der Waals surface area (Å²) in [5.74, 6) is -0.339. The van der Waals surface area contributed by atoms with Gasteiger partial charge in [0.05, 0.1) is 6.61 Å². The first-order chi connectivity index (χ1) is 18.2. The lowest BCUT2D eigenvalue weighted by Gasteiger charge is -2.31. The van der Waals surface area contributed by atoms with Crippen LogP contribution in [0.25, 0.3) is 0 Å². The molecule has 1 amide bonds. The van der Waals surface area contributed by atoms with Crippen molar-refractivity contribution < 1.29 is 19.7 Å². The van der Waals surface area contributed by atoms with Gasteiger partial charge in [-0.3, -0.25) is 4.79 Å². The molecule has 1 heterocycles. The van der Waals surface area contributed by atoms with Crippen molar-refractivity contribution >= 4 is 5.91 Å². The van der Waals surface area contributed by atoms with E-state index in [1.54, 1.807) is 4.90 Å². The molecule has 2 aromatic carbocycles. The molecule has 202 valence electrons. The first-order valence-electron chi connectivity index (χ1n) is 13.4. The average molecular weight is 518 g/mol. The van der Waals surface area contributed by atoms with Crippen LogP contribution in [0, 0.1) is 5.41 Å². The van der Waals surface area contributed by atoms with Gasteiger partial charge in [-0.05, 0) is 29.4 Å². The van der Waals surface area contributed by atoms with Gasteiger partial charge in [0, 0.05) is 24.9 Å². The Morgan fingerprint density at radius 2 is 1.63 bits per heavy atom. The van der Waals surface area contributed by atoms with Gasteiger partial charge in [-0.25, -0.2) is 4.98 Å². The summed E-state index contributed by atoms with van der Waals surface area (Å²) in [6.07, 6.45) is 4.74. The number of rotatable bonds is 10. The van der Waals surface area contributed by atoms with Crippen LogP contribution in [0.1, 0.15) is 73.9 Å². The number of hydrogen-bond donors (Lipinski definition) is 2. The molecule has 0 spiro atoms. The lowest BCUT2D eigenvalue weighted by molar-refractivity contribution is 0.0641. The Balaban J connectivity index is 1.73. The van der Waals surface area contributed by atoms with Crippen LogP contribution in [0.15, 0.2) is 60.7 Å². The number of benzene rings is 2. The molecular weight excluding hydrogens is 478 g/mol. The van der Waals surface area contributed by atoms with Crippen molar-refractivity contribution in [2.24, 2.45) is 5.41 Å². The number of aliphatic hydroxyl groups excluding tert-OH is 1. The third kappa shape index (κ3) is 6.70. The third-order valence-corrected chi connectivity index (χ3v) is 7.09. The van der Waals surface area contributed by atoms with Gasteiger partial charge in [-0.15, -0.1) is 0 Å². The van der Waals surface area contributed by atoms with Gasteiger partial charge in [0.2, 0.25) is 5.75 Å². The first-order valence-corrected chi connectivity index (χ1v) is 13.4. The number of nitrogens with zero attached hydrogens (tertiary/aromatic N) is 3. The van der Waals surface area contributed by atoms with E-state index in [0.717, 1.165) is 31.2 Å². The topological polar surface area (TPSA) is 95.8 Å². The maximum Gasteiger partial charge on any atom is 0.276 e. The SMILES string of the molecule is CC(C)(C)CN(CCO)C(=O)c1nc(CC2(c3ccccc3)CCCC2)nc(O)c1OCc1ccccc1. The predicted octanol–water partition coefficient (Wildman–Crippen LogP) is 5.30. The Hall–Kier alpha value is -3.45. The minimum Gasteiger partial charge on any atom is -0.491 e. The quantitative estimate of drug-likeness (QED) is 0.379. The molecule has 1 aliphatic rings. The zero-order chi connectivity index (χ0) is 27.2. The van der Waals surface area contributed by atoms with Gasteiger partial charge in [0.25, 0.3) is 11.8 Å². The minimum atomic E-state index is -0.392. The fourth-order valence-electron chi connectivity index (χ4n) is 5.38. The number of aromatic hydroxyl groups is 1. The van der Waals surface area contributed by atoms with E-state index < -0.39 is 5.91 Å². The molecule has 1 aromatic heterocycles. The summed E-state index contributed by atoms with van der Waals surface area (Å²) in [7, 11) is 0. The number of aromatic nitrogens is 2. The highest BCUT2D eigenvalue weighted by molar-refractivity contribution is 5.95. The molecule has 1 saturated carbocycles. The minimum absolute atomic E-state index is 0.0281. The van der Waals surface area contributed by atoms with Crippen LogP contribution in [-0.4, -0.2) is 50.7 Å². The van der Waals surface area contributed by atoms with Crippen molar-refractivity contribution in [3.8, 4) is 11.6 Å². The number of aliphatic hydroxyl groups is 1. The highest BCUT2D eigenvalue weighted by Gasteiger charge is 2.38. The van der Waals surface area contributed by atoms with Crippen LogP contribution in [0.3, 0.4) is 0 Å². The number of hydrogen-bond acceptors (Lipinski definition) is 6. The zero-order valence-corrected chi connectivity index (χ0v) is 22.7. The second-order valence-corrected chi connectivity index (χ2v) is 11.5. The molecule has 0 bridgehead atoms. The molecule has 0 saturated heterocycles. The molecule has 1 aliphatic carbocycles. The van der Waals surface area contributed by atoms with Gasteiger partial charge in [-0.1, -0.05) is 94.3 Å². The number of amides is 1. The van der Waals surface area contributed by atoms with Gasteiger partial charge in [-0.2, -0.15) is 4.98 Å². The molecule has 7 nitrogen and oxygen atoms in total. The number of carbonyl (C=O) groups is 1. The Morgan fingerprint density at radius 3 is 2.24 bits per heavy atom. The van der Waals surface area contributed by atoms with E-state index in [1.165, 1.54) is 5.56 Å². The molecule has 7 heteroatoms. The van der Waals surface area contributed by atoms with Crippen LogP contribution in [0.2, 0.25) is 0 Å². The molecule has 4 rings (SSSR count). The molecule has 0 aliphatic heterocycles. The van der Waals surface area contributed by atoms with Crippen molar-refractivity contribution in [2.75, 3.05) is 19.7 Å². The van der Waals surface area contributed by atoms with Crippen LogP contribution in [0.4, 0.5) is 0 Å². The van der Waals surface area contributed by atoms with Crippen molar-refractivity contribution in [2.45, 2.75) is 64.9 Å². The summed E-state index contributed by atoms with van der Waals surface area (Å²) < 4.78 is 5.98. The van der Waals surface area contributed by atoms with Crippen LogP contribution < -0.4 is 4.74 Å². The molecule has 38 heavy (non-hydrogen) atoms. The average Bonchev–Trinajstić information content (AvgIpc) is 3.37. The molecule has 0 unspecified atom stereocenters. The monoisotopic (exact) mass is 517 g/mol. The maximum atomic E-state index is 13.9. The number of carbonyl (C=O) groups excluding carboxylic acids is 1.